The van der Waals surface area contributed by atoms with E-state index in [2.05, 4.69) is 5.32 Å². The van der Waals surface area contributed by atoms with Crippen LogP contribution in [0.25, 0.3) is 0 Å². The average molecular weight is 382 g/mol. The number of carbonyl (C=O) groups is 1. The number of nitrogens with zero attached hydrogens (tertiary/aromatic N) is 1. The maximum Gasteiger partial charge on any atom is 0.269 e. The third-order valence-corrected chi connectivity index (χ3v) is 3.59. The summed E-state index contributed by atoms with van der Waals surface area (Å²) in [5, 5.41) is 13.3. The molecule has 0 saturated carbocycles. The molecule has 0 aromatic heterocycles. The summed E-state index contributed by atoms with van der Waals surface area (Å²) >= 11 is 0. The second-order valence-electron chi connectivity index (χ2n) is 5.67. The Balaban J connectivity index is 1.50. The molecule has 3 rings (SSSR count). The number of non-ortho nitro benzene ring substituents is 1. The van der Waals surface area contributed by atoms with Gasteiger partial charge >= 0.3 is 0 Å². The third-order valence-electron chi connectivity index (χ3n) is 3.59. The van der Waals surface area contributed by atoms with Crippen LogP contribution in [0, 0.1) is 15.9 Å². The molecule has 1 N–H and O–H groups in total. The molecule has 0 radical (unpaired) electrons. The van der Waals surface area contributed by atoms with Crippen LogP contribution in [0.4, 0.5) is 15.8 Å². The fraction of sp³-hybridized carbons (Fsp3) is 0.0500. The topological polar surface area (TPSA) is 90.7 Å². The van der Waals surface area contributed by atoms with Gasteiger partial charge in [0, 0.05) is 23.9 Å². The Bertz CT molecular complexity index is 975. The molecule has 0 aliphatic carbocycles. The molecule has 0 spiro atoms. The summed E-state index contributed by atoms with van der Waals surface area (Å²) < 4.78 is 24.0. The first kappa shape index (κ1) is 18.8. The second-order valence-corrected chi connectivity index (χ2v) is 5.67. The molecule has 1 amide bonds. The van der Waals surface area contributed by atoms with Gasteiger partial charge in [0.25, 0.3) is 11.6 Å². The van der Waals surface area contributed by atoms with Crippen LogP contribution in [0.5, 0.6) is 17.2 Å². The highest BCUT2D eigenvalue weighted by Crippen LogP contribution is 2.23. The highest BCUT2D eigenvalue weighted by molar-refractivity contribution is 5.91. The van der Waals surface area contributed by atoms with Gasteiger partial charge < -0.3 is 14.8 Å². The molecule has 8 heteroatoms. The predicted octanol–water partition coefficient (Wildman–Crippen LogP) is 4.54. The summed E-state index contributed by atoms with van der Waals surface area (Å²) in [6, 6.07) is 17.8. The number of benzene rings is 3. The SMILES string of the molecule is O=C(COc1ccc([N+](=O)[O-])cc1)Nc1ccc(Oc2cccc(F)c2)cc1. The van der Waals surface area contributed by atoms with E-state index in [0.29, 0.717) is 22.9 Å². The lowest BCUT2D eigenvalue weighted by molar-refractivity contribution is -0.384. The van der Waals surface area contributed by atoms with Gasteiger partial charge in [-0.05, 0) is 48.5 Å². The van der Waals surface area contributed by atoms with E-state index in [0.717, 1.165) is 0 Å². The molecule has 0 aliphatic rings. The van der Waals surface area contributed by atoms with Gasteiger partial charge in [-0.25, -0.2) is 4.39 Å². The van der Waals surface area contributed by atoms with Gasteiger partial charge in [0.05, 0.1) is 4.92 Å². The van der Waals surface area contributed by atoms with E-state index in [4.69, 9.17) is 9.47 Å². The van der Waals surface area contributed by atoms with Gasteiger partial charge in [-0.15, -0.1) is 0 Å². The van der Waals surface area contributed by atoms with Crippen molar-refractivity contribution in [3.63, 3.8) is 0 Å². The normalized spacial score (nSPS) is 10.2. The Morgan fingerprint density at radius 2 is 1.64 bits per heavy atom. The second kappa shape index (κ2) is 8.63. The van der Waals surface area contributed by atoms with Crippen LogP contribution in [0.1, 0.15) is 0 Å². The van der Waals surface area contributed by atoms with E-state index in [1.807, 2.05) is 0 Å². The van der Waals surface area contributed by atoms with Crippen molar-refractivity contribution in [2.75, 3.05) is 11.9 Å². The Labute approximate surface area is 159 Å². The molecule has 142 valence electrons. The van der Waals surface area contributed by atoms with E-state index in [9.17, 15) is 19.3 Å². The average Bonchev–Trinajstić information content (AvgIpc) is 2.68. The van der Waals surface area contributed by atoms with Crippen LogP contribution < -0.4 is 14.8 Å². The van der Waals surface area contributed by atoms with Crippen LogP contribution in [-0.2, 0) is 4.79 Å². The zero-order chi connectivity index (χ0) is 19.9. The molecule has 0 heterocycles. The lowest BCUT2D eigenvalue weighted by Gasteiger charge is -2.09. The minimum absolute atomic E-state index is 0.0580. The van der Waals surface area contributed by atoms with E-state index in [-0.39, 0.29) is 12.3 Å². The van der Waals surface area contributed by atoms with Gasteiger partial charge in [-0.3, -0.25) is 14.9 Å². The van der Waals surface area contributed by atoms with Crippen molar-refractivity contribution in [3.05, 3.63) is 88.7 Å². The largest absolute Gasteiger partial charge is 0.484 e. The zero-order valence-electron chi connectivity index (χ0n) is 14.5. The van der Waals surface area contributed by atoms with Crippen LogP contribution in [0.2, 0.25) is 0 Å². The molecule has 7 nitrogen and oxygen atoms in total. The Morgan fingerprint density at radius 3 is 2.29 bits per heavy atom. The first-order valence-corrected chi connectivity index (χ1v) is 8.20. The predicted molar refractivity (Wildman–Crippen MR) is 100 cm³/mol. The highest BCUT2D eigenvalue weighted by Gasteiger charge is 2.07. The number of hydrogen-bond donors (Lipinski definition) is 1. The van der Waals surface area contributed by atoms with Crippen LogP contribution in [-0.4, -0.2) is 17.4 Å². The van der Waals surface area contributed by atoms with Crippen LogP contribution in [0.3, 0.4) is 0 Å². The van der Waals surface area contributed by atoms with Crippen molar-refractivity contribution in [2.45, 2.75) is 0 Å². The highest BCUT2D eigenvalue weighted by atomic mass is 19.1. The van der Waals surface area contributed by atoms with E-state index >= 15 is 0 Å². The van der Waals surface area contributed by atoms with Gasteiger partial charge in [-0.2, -0.15) is 0 Å². The molecule has 0 unspecified atom stereocenters. The fourth-order valence-electron chi connectivity index (χ4n) is 2.28. The van der Waals surface area contributed by atoms with Gasteiger partial charge in [-0.1, -0.05) is 6.07 Å². The molecule has 0 aliphatic heterocycles. The molecule has 0 bridgehead atoms. The van der Waals surface area contributed by atoms with Crippen molar-refractivity contribution in [3.8, 4) is 17.2 Å². The summed E-state index contributed by atoms with van der Waals surface area (Å²) in [4.78, 5) is 22.0. The Kier molecular flexibility index (Phi) is 5.81. The number of anilines is 1. The Hall–Kier alpha value is -3.94. The molecule has 0 atom stereocenters. The van der Waals surface area contributed by atoms with Gasteiger partial charge in [0.1, 0.15) is 23.1 Å². The van der Waals surface area contributed by atoms with Crippen molar-refractivity contribution >= 4 is 17.3 Å². The minimum Gasteiger partial charge on any atom is -0.484 e. The van der Waals surface area contributed by atoms with E-state index < -0.39 is 16.6 Å². The van der Waals surface area contributed by atoms with Crippen molar-refractivity contribution in [1.82, 2.24) is 0 Å². The number of nitro benzene ring substituents is 1. The summed E-state index contributed by atoms with van der Waals surface area (Å²) in [5.41, 5.74) is 0.473. The molecular formula is C20H15FN2O5. The maximum atomic E-state index is 13.2. The van der Waals surface area contributed by atoms with E-state index in [1.54, 1.807) is 36.4 Å². The zero-order valence-corrected chi connectivity index (χ0v) is 14.5. The van der Waals surface area contributed by atoms with Crippen molar-refractivity contribution < 1.29 is 23.6 Å². The van der Waals surface area contributed by atoms with Gasteiger partial charge in [0.2, 0.25) is 0 Å². The first-order chi connectivity index (χ1) is 13.5. The summed E-state index contributed by atoms with van der Waals surface area (Å²) in [6.45, 7) is -0.251. The fourth-order valence-corrected chi connectivity index (χ4v) is 2.28. The molecule has 28 heavy (non-hydrogen) atoms. The molecule has 0 saturated heterocycles. The number of amides is 1. The first-order valence-electron chi connectivity index (χ1n) is 8.20. The smallest absolute Gasteiger partial charge is 0.269 e. The third kappa shape index (κ3) is 5.28. The lowest BCUT2D eigenvalue weighted by Crippen LogP contribution is -2.20. The summed E-state index contributed by atoms with van der Waals surface area (Å²) in [7, 11) is 0. The Morgan fingerprint density at radius 1 is 0.964 bits per heavy atom. The standard InChI is InChI=1S/C20H15FN2O5/c21-14-2-1-3-19(12-14)28-18-8-4-15(5-9-18)22-20(24)13-27-17-10-6-16(7-11-17)23(25)26/h1-12H,13H2,(H,22,24). The number of carbonyl (C=O) groups excluding carboxylic acids is 1. The number of halogens is 1. The monoisotopic (exact) mass is 382 g/mol. The number of rotatable bonds is 7. The summed E-state index contributed by atoms with van der Waals surface area (Å²) in [5.74, 6) is 0.421. The molecule has 3 aromatic rings. The van der Waals surface area contributed by atoms with E-state index in [1.165, 1.54) is 36.4 Å². The van der Waals surface area contributed by atoms with Crippen molar-refractivity contribution in [2.24, 2.45) is 0 Å². The number of nitro groups is 1. The van der Waals surface area contributed by atoms with Crippen LogP contribution in [0.15, 0.2) is 72.8 Å². The number of hydrogen-bond acceptors (Lipinski definition) is 5. The van der Waals surface area contributed by atoms with Crippen molar-refractivity contribution in [1.29, 1.82) is 0 Å². The van der Waals surface area contributed by atoms with Crippen LogP contribution >= 0.6 is 0 Å². The molecular weight excluding hydrogens is 367 g/mol. The maximum absolute atomic E-state index is 13.2. The summed E-state index contributed by atoms with van der Waals surface area (Å²) in [6.07, 6.45) is 0. The number of nitrogens with one attached hydrogen (secondary N) is 1. The van der Waals surface area contributed by atoms with Gasteiger partial charge in [0.15, 0.2) is 6.61 Å². The quantitative estimate of drug-likeness (QED) is 0.478. The molecule has 3 aromatic carbocycles. The number of ether oxygens (including phenoxy) is 2. The lowest BCUT2D eigenvalue weighted by atomic mass is 10.3. The minimum atomic E-state index is -0.516. The molecule has 0 fully saturated rings.